The standard InChI is InChI=1S/C26H23FN2O/c1-19(28-30-18-21-9-5-3-6-10-21)25-17-26(22-13-15-23(27)16-14-22)29(20(25)2)24-11-7-4-8-12-24/h3-17H,18H2,1-2H3/b28-19-. The lowest BCUT2D eigenvalue weighted by Gasteiger charge is -2.12. The first-order valence-electron chi connectivity index (χ1n) is 9.88. The van der Waals surface area contributed by atoms with Crippen LogP contribution in [0, 0.1) is 12.7 Å². The van der Waals surface area contributed by atoms with Gasteiger partial charge in [0.05, 0.1) is 11.4 Å². The van der Waals surface area contributed by atoms with Gasteiger partial charge in [-0.05, 0) is 67.4 Å². The Balaban J connectivity index is 1.71. The maximum atomic E-state index is 13.5. The van der Waals surface area contributed by atoms with Crippen LogP contribution in [0.4, 0.5) is 4.39 Å². The highest BCUT2D eigenvalue weighted by Gasteiger charge is 2.17. The Bertz CT molecular complexity index is 1150. The van der Waals surface area contributed by atoms with Crippen molar-refractivity contribution in [3.05, 3.63) is 114 Å². The zero-order valence-electron chi connectivity index (χ0n) is 17.0. The molecule has 0 saturated carbocycles. The lowest BCUT2D eigenvalue weighted by atomic mass is 10.1. The van der Waals surface area contributed by atoms with Gasteiger partial charge in [-0.2, -0.15) is 0 Å². The fourth-order valence-corrected chi connectivity index (χ4v) is 3.54. The monoisotopic (exact) mass is 398 g/mol. The van der Waals surface area contributed by atoms with E-state index < -0.39 is 0 Å². The van der Waals surface area contributed by atoms with Gasteiger partial charge in [0.25, 0.3) is 0 Å². The number of nitrogens with zero attached hydrogens (tertiary/aromatic N) is 2. The fourth-order valence-electron chi connectivity index (χ4n) is 3.54. The molecule has 1 aromatic heterocycles. The number of hydrogen-bond acceptors (Lipinski definition) is 2. The van der Waals surface area contributed by atoms with E-state index in [1.807, 2.05) is 55.5 Å². The van der Waals surface area contributed by atoms with Gasteiger partial charge in [0, 0.05) is 16.9 Å². The Kier molecular flexibility index (Phi) is 5.75. The normalized spacial score (nSPS) is 11.5. The van der Waals surface area contributed by atoms with Crippen LogP contribution in [-0.2, 0) is 11.4 Å². The number of rotatable bonds is 6. The molecule has 0 aliphatic rings. The number of hydrogen-bond donors (Lipinski definition) is 0. The molecule has 0 radical (unpaired) electrons. The second-order valence-electron chi connectivity index (χ2n) is 7.14. The van der Waals surface area contributed by atoms with Gasteiger partial charge in [0.2, 0.25) is 0 Å². The van der Waals surface area contributed by atoms with Crippen LogP contribution in [-0.4, -0.2) is 10.3 Å². The van der Waals surface area contributed by atoms with Gasteiger partial charge >= 0.3 is 0 Å². The van der Waals surface area contributed by atoms with E-state index in [0.717, 1.165) is 39.5 Å². The van der Waals surface area contributed by atoms with E-state index in [4.69, 9.17) is 4.84 Å². The van der Waals surface area contributed by atoms with Crippen LogP contribution in [0.1, 0.15) is 23.7 Å². The maximum Gasteiger partial charge on any atom is 0.142 e. The van der Waals surface area contributed by atoms with E-state index in [-0.39, 0.29) is 5.82 Å². The molecule has 0 unspecified atom stereocenters. The lowest BCUT2D eigenvalue weighted by Crippen LogP contribution is -2.02. The zero-order valence-corrected chi connectivity index (χ0v) is 17.0. The molecule has 1 heterocycles. The third kappa shape index (κ3) is 4.18. The van der Waals surface area contributed by atoms with Crippen LogP contribution in [0.3, 0.4) is 0 Å². The number of oxime groups is 1. The summed E-state index contributed by atoms with van der Waals surface area (Å²) in [5, 5.41) is 4.35. The smallest absolute Gasteiger partial charge is 0.142 e. The molecule has 4 heteroatoms. The molecule has 0 spiro atoms. The molecule has 30 heavy (non-hydrogen) atoms. The Labute approximate surface area is 176 Å². The minimum Gasteiger partial charge on any atom is -0.391 e. The summed E-state index contributed by atoms with van der Waals surface area (Å²) in [5.41, 5.74) is 6.86. The molecule has 4 rings (SSSR count). The van der Waals surface area contributed by atoms with Gasteiger partial charge in [-0.3, -0.25) is 0 Å². The van der Waals surface area contributed by atoms with Crippen molar-refractivity contribution in [2.24, 2.45) is 5.16 Å². The summed E-state index contributed by atoms with van der Waals surface area (Å²) in [6.07, 6.45) is 0. The van der Waals surface area contributed by atoms with Crippen LogP contribution in [0.25, 0.3) is 16.9 Å². The van der Waals surface area contributed by atoms with Crippen LogP contribution in [0.2, 0.25) is 0 Å². The van der Waals surface area contributed by atoms with Crippen molar-refractivity contribution >= 4 is 5.71 Å². The van der Waals surface area contributed by atoms with E-state index in [0.29, 0.717) is 6.61 Å². The first-order valence-corrected chi connectivity index (χ1v) is 9.88. The average molecular weight is 398 g/mol. The molecule has 0 bridgehead atoms. The molecule has 0 aliphatic heterocycles. The fraction of sp³-hybridized carbons (Fsp3) is 0.115. The Morgan fingerprint density at radius 3 is 2.20 bits per heavy atom. The van der Waals surface area contributed by atoms with Gasteiger partial charge < -0.3 is 9.40 Å². The Morgan fingerprint density at radius 2 is 1.53 bits per heavy atom. The molecule has 0 N–H and O–H groups in total. The molecule has 0 aliphatic carbocycles. The SMILES string of the molecule is C/C(=N/OCc1ccccc1)c1cc(-c2ccc(F)cc2)n(-c2ccccc2)c1C. The largest absolute Gasteiger partial charge is 0.391 e. The van der Waals surface area contributed by atoms with Crippen molar-refractivity contribution in [3.8, 4) is 16.9 Å². The average Bonchev–Trinajstić information content (AvgIpc) is 3.12. The highest BCUT2D eigenvalue weighted by atomic mass is 19.1. The first kappa shape index (κ1) is 19.6. The molecule has 4 aromatic rings. The lowest BCUT2D eigenvalue weighted by molar-refractivity contribution is 0.130. The summed E-state index contributed by atoms with van der Waals surface area (Å²) >= 11 is 0. The predicted octanol–water partition coefficient (Wildman–Crippen LogP) is 6.53. The quantitative estimate of drug-likeness (QED) is 0.268. The highest BCUT2D eigenvalue weighted by Crippen LogP contribution is 2.30. The van der Waals surface area contributed by atoms with Gasteiger partial charge in [-0.15, -0.1) is 0 Å². The molecule has 3 nitrogen and oxygen atoms in total. The number of halogens is 1. The van der Waals surface area contributed by atoms with E-state index in [1.54, 1.807) is 12.1 Å². The molecular formula is C26H23FN2O. The summed E-state index contributed by atoms with van der Waals surface area (Å²) in [6.45, 7) is 4.42. The minimum absolute atomic E-state index is 0.249. The summed E-state index contributed by atoms with van der Waals surface area (Å²) < 4.78 is 15.6. The van der Waals surface area contributed by atoms with Gasteiger partial charge in [-0.25, -0.2) is 4.39 Å². The third-order valence-electron chi connectivity index (χ3n) is 5.07. The summed E-state index contributed by atoms with van der Waals surface area (Å²) in [5.74, 6) is -0.249. The highest BCUT2D eigenvalue weighted by molar-refractivity contribution is 6.01. The second kappa shape index (κ2) is 8.78. The van der Waals surface area contributed by atoms with Crippen molar-refractivity contribution in [2.75, 3.05) is 0 Å². The molecule has 150 valence electrons. The van der Waals surface area contributed by atoms with E-state index in [1.165, 1.54) is 12.1 Å². The first-order chi connectivity index (χ1) is 14.6. The summed E-state index contributed by atoms with van der Waals surface area (Å²) in [6, 6.07) is 28.7. The zero-order chi connectivity index (χ0) is 20.9. The van der Waals surface area contributed by atoms with Gasteiger partial charge in [-0.1, -0.05) is 53.7 Å². The molecular weight excluding hydrogens is 375 g/mol. The predicted molar refractivity (Wildman–Crippen MR) is 119 cm³/mol. The third-order valence-corrected chi connectivity index (χ3v) is 5.07. The number of aromatic nitrogens is 1. The van der Waals surface area contributed by atoms with Crippen LogP contribution < -0.4 is 0 Å². The molecule has 3 aromatic carbocycles. The number of para-hydroxylation sites is 1. The van der Waals surface area contributed by atoms with Crippen molar-refractivity contribution < 1.29 is 9.23 Å². The maximum absolute atomic E-state index is 13.5. The molecule has 0 atom stereocenters. The molecule has 0 saturated heterocycles. The Morgan fingerprint density at radius 1 is 0.900 bits per heavy atom. The van der Waals surface area contributed by atoms with Gasteiger partial charge in [0.1, 0.15) is 12.4 Å². The van der Waals surface area contributed by atoms with Crippen LogP contribution in [0.5, 0.6) is 0 Å². The Hall–Kier alpha value is -3.66. The van der Waals surface area contributed by atoms with E-state index >= 15 is 0 Å². The van der Waals surface area contributed by atoms with E-state index in [2.05, 4.69) is 34.8 Å². The second-order valence-corrected chi connectivity index (χ2v) is 7.14. The van der Waals surface area contributed by atoms with Crippen LogP contribution in [0.15, 0.2) is 96.2 Å². The topological polar surface area (TPSA) is 26.5 Å². The van der Waals surface area contributed by atoms with Crippen molar-refractivity contribution in [1.29, 1.82) is 0 Å². The molecule has 0 amide bonds. The number of benzene rings is 3. The van der Waals surface area contributed by atoms with Crippen molar-refractivity contribution in [3.63, 3.8) is 0 Å². The summed E-state index contributed by atoms with van der Waals surface area (Å²) in [7, 11) is 0. The van der Waals surface area contributed by atoms with Crippen molar-refractivity contribution in [1.82, 2.24) is 4.57 Å². The van der Waals surface area contributed by atoms with Gasteiger partial charge in [0.15, 0.2) is 0 Å². The summed E-state index contributed by atoms with van der Waals surface area (Å²) in [4.78, 5) is 5.60. The van der Waals surface area contributed by atoms with Crippen LogP contribution >= 0.6 is 0 Å². The van der Waals surface area contributed by atoms with Crippen molar-refractivity contribution in [2.45, 2.75) is 20.5 Å². The van der Waals surface area contributed by atoms with E-state index in [9.17, 15) is 4.39 Å². The molecule has 0 fully saturated rings. The minimum atomic E-state index is -0.249.